The summed E-state index contributed by atoms with van der Waals surface area (Å²) in [6.07, 6.45) is 7.38. The average Bonchev–Trinajstić information content (AvgIpc) is 2.40. The molecule has 1 saturated carbocycles. The lowest BCUT2D eigenvalue weighted by Crippen LogP contribution is -2.54. The molecule has 0 aromatic heterocycles. The van der Waals surface area contributed by atoms with Crippen molar-refractivity contribution in [2.24, 2.45) is 5.92 Å². The van der Waals surface area contributed by atoms with Crippen LogP contribution in [0.2, 0.25) is 0 Å². The lowest BCUT2D eigenvalue weighted by molar-refractivity contribution is -0.145. The van der Waals surface area contributed by atoms with E-state index >= 15 is 0 Å². The van der Waals surface area contributed by atoms with Crippen LogP contribution in [0, 0.1) is 5.92 Å². The first-order chi connectivity index (χ1) is 8.18. The predicted octanol–water partition coefficient (Wildman–Crippen LogP) is 1.68. The molecule has 1 aliphatic heterocycles. The van der Waals surface area contributed by atoms with Gasteiger partial charge in [0.15, 0.2) is 0 Å². The number of aldehydes is 1. The van der Waals surface area contributed by atoms with Gasteiger partial charge in [-0.15, -0.1) is 0 Å². The van der Waals surface area contributed by atoms with Crippen LogP contribution in [0.1, 0.15) is 44.9 Å². The first kappa shape index (κ1) is 12.6. The zero-order valence-electron chi connectivity index (χ0n) is 10.2. The Hall–Kier alpha value is -0.900. The van der Waals surface area contributed by atoms with Crippen molar-refractivity contribution in [1.29, 1.82) is 0 Å². The Morgan fingerprint density at radius 1 is 1.18 bits per heavy atom. The van der Waals surface area contributed by atoms with Crippen molar-refractivity contribution >= 4 is 12.3 Å². The van der Waals surface area contributed by atoms with Gasteiger partial charge in [0.25, 0.3) is 0 Å². The molecule has 17 heavy (non-hydrogen) atoms. The molecule has 4 nitrogen and oxygen atoms in total. The number of carbonyl (C=O) groups is 2. The van der Waals surface area contributed by atoms with E-state index in [0.717, 1.165) is 32.2 Å². The maximum atomic E-state index is 11.5. The van der Waals surface area contributed by atoms with E-state index in [1.807, 2.05) is 0 Å². The maximum Gasteiger partial charge on any atom is 0.306 e. The molecule has 0 unspecified atom stereocenters. The molecule has 4 heteroatoms. The Morgan fingerprint density at radius 2 is 1.76 bits per heavy atom. The third-order valence-electron chi connectivity index (χ3n) is 4.41. The highest BCUT2D eigenvalue weighted by Gasteiger charge is 2.41. The molecule has 2 fully saturated rings. The van der Waals surface area contributed by atoms with Crippen molar-refractivity contribution < 1.29 is 14.7 Å². The number of carbonyl (C=O) groups excluding carboxylic acids is 1. The monoisotopic (exact) mass is 239 g/mol. The normalized spacial score (nSPS) is 35.4. The first-order valence-corrected chi connectivity index (χ1v) is 6.62. The molecule has 0 atom stereocenters. The van der Waals surface area contributed by atoms with Gasteiger partial charge in [-0.05, 0) is 51.6 Å². The summed E-state index contributed by atoms with van der Waals surface area (Å²) in [5.74, 6) is -0.948. The van der Waals surface area contributed by atoms with Gasteiger partial charge in [0.1, 0.15) is 6.29 Å². The molecule has 2 aliphatic rings. The van der Waals surface area contributed by atoms with Crippen LogP contribution in [-0.2, 0) is 9.59 Å². The fraction of sp³-hybridized carbons (Fsp3) is 0.846. The SMILES string of the molecule is O=CC1(N2CCCCC2)CCC(C(=O)O)CC1. The fourth-order valence-corrected chi connectivity index (χ4v) is 3.21. The number of rotatable bonds is 3. The van der Waals surface area contributed by atoms with Gasteiger partial charge in [-0.2, -0.15) is 0 Å². The van der Waals surface area contributed by atoms with Crippen LogP contribution < -0.4 is 0 Å². The molecular formula is C13H21NO3. The summed E-state index contributed by atoms with van der Waals surface area (Å²) >= 11 is 0. The van der Waals surface area contributed by atoms with E-state index in [4.69, 9.17) is 5.11 Å². The average molecular weight is 239 g/mol. The van der Waals surface area contributed by atoms with Crippen molar-refractivity contribution in [2.75, 3.05) is 13.1 Å². The van der Waals surface area contributed by atoms with Gasteiger partial charge in [0.05, 0.1) is 11.5 Å². The fourth-order valence-electron chi connectivity index (χ4n) is 3.21. The Labute approximate surface area is 102 Å². The molecule has 0 amide bonds. The molecule has 2 rings (SSSR count). The number of piperidine rings is 1. The second-order valence-electron chi connectivity index (χ2n) is 5.38. The molecule has 1 saturated heterocycles. The van der Waals surface area contributed by atoms with E-state index in [1.54, 1.807) is 0 Å². The van der Waals surface area contributed by atoms with Gasteiger partial charge in [-0.3, -0.25) is 9.69 Å². The third-order valence-corrected chi connectivity index (χ3v) is 4.41. The summed E-state index contributed by atoms with van der Waals surface area (Å²) in [7, 11) is 0. The van der Waals surface area contributed by atoms with Gasteiger partial charge in [0, 0.05) is 0 Å². The number of likely N-dealkylation sites (tertiary alicyclic amines) is 1. The smallest absolute Gasteiger partial charge is 0.306 e. The van der Waals surface area contributed by atoms with Crippen LogP contribution in [0.4, 0.5) is 0 Å². The van der Waals surface area contributed by atoms with E-state index in [-0.39, 0.29) is 11.5 Å². The summed E-state index contributed by atoms with van der Waals surface area (Å²) < 4.78 is 0. The molecular weight excluding hydrogens is 218 g/mol. The Kier molecular flexibility index (Phi) is 3.82. The lowest BCUT2D eigenvalue weighted by Gasteiger charge is -2.45. The van der Waals surface area contributed by atoms with Crippen molar-refractivity contribution in [2.45, 2.75) is 50.5 Å². The van der Waals surface area contributed by atoms with Gasteiger partial charge < -0.3 is 9.90 Å². The van der Waals surface area contributed by atoms with E-state index in [1.165, 1.54) is 6.42 Å². The maximum absolute atomic E-state index is 11.5. The van der Waals surface area contributed by atoms with Gasteiger partial charge in [-0.25, -0.2) is 0 Å². The highest BCUT2D eigenvalue weighted by atomic mass is 16.4. The largest absolute Gasteiger partial charge is 0.481 e. The highest BCUT2D eigenvalue weighted by Crippen LogP contribution is 2.36. The van der Waals surface area contributed by atoms with E-state index < -0.39 is 5.97 Å². The molecule has 0 spiro atoms. The third kappa shape index (κ3) is 2.51. The number of hydrogen-bond acceptors (Lipinski definition) is 3. The standard InChI is InChI=1S/C13H21NO3/c15-10-13(14-8-2-1-3-9-14)6-4-11(5-7-13)12(16)17/h10-11H,1-9H2,(H,16,17). The van der Waals surface area contributed by atoms with Crippen LogP contribution in [0.15, 0.2) is 0 Å². The lowest BCUT2D eigenvalue weighted by atomic mass is 9.75. The van der Waals surface area contributed by atoms with Crippen LogP contribution in [-0.4, -0.2) is 40.9 Å². The van der Waals surface area contributed by atoms with Crippen LogP contribution in [0.3, 0.4) is 0 Å². The zero-order chi connectivity index (χ0) is 12.3. The number of hydrogen-bond donors (Lipinski definition) is 1. The van der Waals surface area contributed by atoms with Crippen LogP contribution in [0.25, 0.3) is 0 Å². The van der Waals surface area contributed by atoms with Gasteiger partial charge in [0.2, 0.25) is 0 Å². The van der Waals surface area contributed by atoms with Gasteiger partial charge in [-0.1, -0.05) is 6.42 Å². The minimum Gasteiger partial charge on any atom is -0.481 e. The zero-order valence-corrected chi connectivity index (χ0v) is 10.2. The Morgan fingerprint density at radius 3 is 2.24 bits per heavy atom. The predicted molar refractivity (Wildman–Crippen MR) is 63.8 cm³/mol. The van der Waals surface area contributed by atoms with E-state index in [9.17, 15) is 9.59 Å². The molecule has 96 valence electrons. The molecule has 1 aliphatic carbocycles. The van der Waals surface area contributed by atoms with Crippen LogP contribution >= 0.6 is 0 Å². The Bertz CT molecular complexity index is 289. The minimum atomic E-state index is -0.705. The second-order valence-corrected chi connectivity index (χ2v) is 5.38. The highest BCUT2D eigenvalue weighted by molar-refractivity contribution is 5.71. The molecule has 0 bridgehead atoms. The van der Waals surface area contributed by atoms with Crippen molar-refractivity contribution in [3.63, 3.8) is 0 Å². The van der Waals surface area contributed by atoms with Crippen LogP contribution in [0.5, 0.6) is 0 Å². The summed E-state index contributed by atoms with van der Waals surface area (Å²) in [6, 6.07) is 0. The molecule has 0 radical (unpaired) electrons. The van der Waals surface area contributed by atoms with Crippen molar-refractivity contribution in [3.8, 4) is 0 Å². The number of carboxylic acid groups (broad SMARTS) is 1. The molecule has 0 aromatic rings. The Balaban J connectivity index is 2.01. The van der Waals surface area contributed by atoms with Crippen molar-refractivity contribution in [3.05, 3.63) is 0 Å². The summed E-state index contributed by atoms with van der Waals surface area (Å²) in [6.45, 7) is 1.99. The minimum absolute atomic E-state index is 0.243. The van der Waals surface area contributed by atoms with Gasteiger partial charge >= 0.3 is 5.97 Å². The molecule has 1 heterocycles. The number of aliphatic carboxylic acids is 1. The topological polar surface area (TPSA) is 57.6 Å². The quantitative estimate of drug-likeness (QED) is 0.761. The van der Waals surface area contributed by atoms with Crippen molar-refractivity contribution in [1.82, 2.24) is 4.90 Å². The second kappa shape index (κ2) is 5.17. The molecule has 1 N–H and O–H groups in total. The van der Waals surface area contributed by atoms with E-state index in [0.29, 0.717) is 25.7 Å². The summed E-state index contributed by atoms with van der Waals surface area (Å²) in [5.41, 5.74) is -0.355. The molecule has 0 aromatic carbocycles. The van der Waals surface area contributed by atoms with E-state index in [2.05, 4.69) is 4.90 Å². The summed E-state index contributed by atoms with van der Waals surface area (Å²) in [4.78, 5) is 24.7. The number of carboxylic acids is 1. The first-order valence-electron chi connectivity index (χ1n) is 6.62. The summed E-state index contributed by atoms with van der Waals surface area (Å²) in [5, 5.41) is 8.99. The number of nitrogens with zero attached hydrogens (tertiary/aromatic N) is 1.